The van der Waals surface area contributed by atoms with Crippen LogP contribution < -0.4 is 4.90 Å². The van der Waals surface area contributed by atoms with E-state index in [4.69, 9.17) is 0 Å². The minimum atomic E-state index is -3.62. The third-order valence-electron chi connectivity index (χ3n) is 3.81. The summed E-state index contributed by atoms with van der Waals surface area (Å²) in [7, 11) is -3.62. The summed E-state index contributed by atoms with van der Waals surface area (Å²) >= 11 is 3.34. The third kappa shape index (κ3) is 2.36. The Bertz CT molecular complexity index is 803. The minimum Gasteiger partial charge on any atom is -0.289 e. The molecule has 1 saturated heterocycles. The SMILES string of the molecule is C[C@@H]1C(=O)N(c2ccccc2)[C@@H](c2ccc(Br)cc2)S1(=O)=O. The number of rotatable bonds is 2. The lowest BCUT2D eigenvalue weighted by molar-refractivity contribution is -0.117. The van der Waals surface area contributed by atoms with E-state index >= 15 is 0 Å². The van der Waals surface area contributed by atoms with Crippen LogP contribution in [0.25, 0.3) is 0 Å². The van der Waals surface area contributed by atoms with E-state index in [-0.39, 0.29) is 5.91 Å². The Hall–Kier alpha value is -1.66. The molecule has 0 aliphatic carbocycles. The van der Waals surface area contributed by atoms with Crippen LogP contribution in [0.15, 0.2) is 59.1 Å². The average Bonchev–Trinajstić information content (AvgIpc) is 2.69. The maximum atomic E-state index is 12.7. The number of sulfone groups is 1. The van der Waals surface area contributed by atoms with E-state index < -0.39 is 20.5 Å². The largest absolute Gasteiger partial charge is 0.289 e. The van der Waals surface area contributed by atoms with E-state index in [2.05, 4.69) is 15.9 Å². The fraction of sp³-hybridized carbons (Fsp3) is 0.188. The number of anilines is 1. The van der Waals surface area contributed by atoms with Gasteiger partial charge in [-0.15, -0.1) is 0 Å². The molecule has 0 radical (unpaired) electrons. The van der Waals surface area contributed by atoms with Gasteiger partial charge in [-0.3, -0.25) is 9.69 Å². The summed E-state index contributed by atoms with van der Waals surface area (Å²) in [5.74, 6) is -0.390. The zero-order valence-corrected chi connectivity index (χ0v) is 14.2. The molecule has 2 aromatic carbocycles. The molecule has 0 N–H and O–H groups in total. The molecule has 0 aromatic heterocycles. The number of carbonyl (C=O) groups excluding carboxylic acids is 1. The van der Waals surface area contributed by atoms with Crippen LogP contribution in [0.2, 0.25) is 0 Å². The Morgan fingerprint density at radius 1 is 1.00 bits per heavy atom. The zero-order chi connectivity index (χ0) is 15.9. The van der Waals surface area contributed by atoms with E-state index in [1.54, 1.807) is 48.5 Å². The molecule has 0 unspecified atom stereocenters. The summed E-state index contributed by atoms with van der Waals surface area (Å²) in [5.41, 5.74) is 1.18. The standard InChI is InChI=1S/C16H14BrNO3S/c1-11-15(19)18(14-5-3-2-4-6-14)16(22(11,20)21)12-7-9-13(17)10-8-12/h2-11,16H,1H3/t11-,16-/m1/s1. The molecule has 0 spiro atoms. The van der Waals surface area contributed by atoms with Gasteiger partial charge in [0.25, 0.3) is 0 Å². The smallest absolute Gasteiger partial charge is 0.246 e. The second-order valence-electron chi connectivity index (χ2n) is 5.18. The molecule has 0 saturated carbocycles. The van der Waals surface area contributed by atoms with E-state index in [0.29, 0.717) is 11.3 Å². The second kappa shape index (κ2) is 5.52. The molecule has 2 atom stereocenters. The molecule has 2 aromatic rings. The van der Waals surface area contributed by atoms with Crippen molar-refractivity contribution in [3.05, 3.63) is 64.6 Å². The van der Waals surface area contributed by atoms with Crippen molar-refractivity contribution in [1.29, 1.82) is 0 Å². The van der Waals surface area contributed by atoms with E-state index in [0.717, 1.165) is 4.47 Å². The van der Waals surface area contributed by atoms with Gasteiger partial charge in [0.2, 0.25) is 5.91 Å². The first-order valence-corrected chi connectivity index (χ1v) is 9.19. The van der Waals surface area contributed by atoms with E-state index in [9.17, 15) is 13.2 Å². The zero-order valence-electron chi connectivity index (χ0n) is 11.8. The second-order valence-corrected chi connectivity index (χ2v) is 8.43. The van der Waals surface area contributed by atoms with Crippen molar-refractivity contribution in [1.82, 2.24) is 0 Å². The molecule has 1 amide bonds. The van der Waals surface area contributed by atoms with Crippen LogP contribution in [0.5, 0.6) is 0 Å². The van der Waals surface area contributed by atoms with Gasteiger partial charge in [0, 0.05) is 10.2 Å². The van der Waals surface area contributed by atoms with E-state index in [1.807, 2.05) is 6.07 Å². The van der Waals surface area contributed by atoms with Crippen LogP contribution in [0.4, 0.5) is 5.69 Å². The Morgan fingerprint density at radius 2 is 1.59 bits per heavy atom. The molecule has 22 heavy (non-hydrogen) atoms. The predicted molar refractivity (Wildman–Crippen MR) is 89.2 cm³/mol. The molecule has 1 heterocycles. The highest BCUT2D eigenvalue weighted by molar-refractivity contribution is 9.10. The first-order chi connectivity index (χ1) is 10.4. The molecule has 114 valence electrons. The average molecular weight is 380 g/mol. The fourth-order valence-electron chi connectivity index (χ4n) is 2.61. The van der Waals surface area contributed by atoms with Gasteiger partial charge >= 0.3 is 0 Å². The number of halogens is 1. The molecule has 3 rings (SSSR count). The summed E-state index contributed by atoms with van der Waals surface area (Å²) in [6, 6.07) is 15.9. The first kappa shape index (κ1) is 15.2. The number of benzene rings is 2. The summed E-state index contributed by atoms with van der Waals surface area (Å²) in [4.78, 5) is 13.9. The predicted octanol–water partition coefficient (Wildman–Crippen LogP) is 3.30. The number of hydrogen-bond donors (Lipinski definition) is 0. The minimum absolute atomic E-state index is 0.390. The van der Waals surface area contributed by atoms with Gasteiger partial charge in [0.05, 0.1) is 0 Å². The molecular weight excluding hydrogens is 366 g/mol. The summed E-state index contributed by atoms with van der Waals surface area (Å²) < 4.78 is 26.3. The fourth-order valence-corrected chi connectivity index (χ4v) is 4.71. The van der Waals surface area contributed by atoms with Crippen molar-refractivity contribution < 1.29 is 13.2 Å². The Morgan fingerprint density at radius 3 is 2.18 bits per heavy atom. The van der Waals surface area contributed by atoms with Crippen LogP contribution in [0.3, 0.4) is 0 Å². The maximum absolute atomic E-state index is 12.7. The molecule has 1 aliphatic rings. The van der Waals surface area contributed by atoms with Crippen LogP contribution >= 0.6 is 15.9 Å². The number of amides is 1. The summed E-state index contributed by atoms with van der Waals surface area (Å²) in [6.07, 6.45) is 0. The van der Waals surface area contributed by atoms with Crippen molar-refractivity contribution in [2.45, 2.75) is 17.5 Å². The van der Waals surface area contributed by atoms with Crippen LogP contribution in [0.1, 0.15) is 17.9 Å². The number of nitrogens with zero attached hydrogens (tertiary/aromatic N) is 1. The summed E-state index contributed by atoms with van der Waals surface area (Å²) in [6.45, 7) is 1.45. The molecule has 4 nitrogen and oxygen atoms in total. The van der Waals surface area contributed by atoms with Crippen molar-refractivity contribution in [2.75, 3.05) is 4.90 Å². The van der Waals surface area contributed by atoms with Gasteiger partial charge < -0.3 is 0 Å². The maximum Gasteiger partial charge on any atom is 0.246 e. The topological polar surface area (TPSA) is 54.5 Å². The highest BCUT2D eigenvalue weighted by Gasteiger charge is 2.51. The van der Waals surface area contributed by atoms with Crippen molar-refractivity contribution in [3.63, 3.8) is 0 Å². The summed E-state index contributed by atoms with van der Waals surface area (Å²) in [5, 5.41) is -2.02. The van der Waals surface area contributed by atoms with Crippen molar-refractivity contribution >= 4 is 37.4 Å². The highest BCUT2D eigenvalue weighted by atomic mass is 79.9. The Balaban J connectivity index is 2.18. The third-order valence-corrected chi connectivity index (χ3v) is 6.63. The van der Waals surface area contributed by atoms with Crippen LogP contribution in [-0.4, -0.2) is 19.6 Å². The van der Waals surface area contributed by atoms with Crippen molar-refractivity contribution in [2.24, 2.45) is 0 Å². The lowest BCUT2D eigenvalue weighted by Crippen LogP contribution is -2.30. The number of hydrogen-bond acceptors (Lipinski definition) is 3. The molecular formula is C16H14BrNO3S. The van der Waals surface area contributed by atoms with Gasteiger partial charge in [0.1, 0.15) is 5.25 Å². The molecule has 1 aliphatic heterocycles. The monoisotopic (exact) mass is 379 g/mol. The van der Waals surface area contributed by atoms with Gasteiger partial charge in [-0.2, -0.15) is 0 Å². The van der Waals surface area contributed by atoms with Gasteiger partial charge in [-0.25, -0.2) is 8.42 Å². The Labute approximate surface area is 137 Å². The van der Waals surface area contributed by atoms with Gasteiger partial charge in [0.15, 0.2) is 15.2 Å². The molecule has 0 bridgehead atoms. The molecule has 6 heteroatoms. The molecule has 1 fully saturated rings. The lowest BCUT2D eigenvalue weighted by atomic mass is 10.2. The Kier molecular flexibility index (Phi) is 3.82. The lowest BCUT2D eigenvalue weighted by Gasteiger charge is -2.23. The van der Waals surface area contributed by atoms with Crippen LogP contribution in [-0.2, 0) is 14.6 Å². The highest BCUT2D eigenvalue weighted by Crippen LogP contribution is 2.40. The van der Waals surface area contributed by atoms with Crippen molar-refractivity contribution in [3.8, 4) is 0 Å². The van der Waals surface area contributed by atoms with Gasteiger partial charge in [-0.05, 0) is 36.8 Å². The van der Waals surface area contributed by atoms with E-state index in [1.165, 1.54) is 11.8 Å². The number of carbonyl (C=O) groups is 1. The van der Waals surface area contributed by atoms with Gasteiger partial charge in [-0.1, -0.05) is 46.3 Å². The van der Waals surface area contributed by atoms with Crippen LogP contribution in [0, 0.1) is 0 Å². The number of para-hydroxylation sites is 1. The first-order valence-electron chi connectivity index (χ1n) is 6.79. The quantitative estimate of drug-likeness (QED) is 0.804. The normalized spacial score (nSPS) is 23.7.